The summed E-state index contributed by atoms with van der Waals surface area (Å²) in [6.45, 7) is 6.43. The average Bonchev–Trinajstić information content (AvgIpc) is 1.67. The summed E-state index contributed by atoms with van der Waals surface area (Å²) in [6, 6.07) is 0. The van der Waals surface area contributed by atoms with Gasteiger partial charge in [0.1, 0.15) is 0 Å². The zero-order chi connectivity index (χ0) is 6.62. The van der Waals surface area contributed by atoms with Crippen molar-refractivity contribution < 1.29 is 10.2 Å². The minimum Gasteiger partial charge on any atom is -0.360 e. The molecular weight excluding hydrogens is 104 g/mol. The van der Waals surface area contributed by atoms with Crippen LogP contribution in [0.4, 0.5) is 0 Å². The molecule has 0 aliphatic heterocycles. The van der Waals surface area contributed by atoms with Crippen LogP contribution >= 0.6 is 0 Å². The van der Waals surface area contributed by atoms with Crippen molar-refractivity contribution in [3.05, 3.63) is 25.3 Å². The highest BCUT2D eigenvalue weighted by Gasteiger charge is 2.16. The van der Waals surface area contributed by atoms with Crippen LogP contribution in [0, 0.1) is 0 Å². The maximum absolute atomic E-state index is 10.4. The van der Waals surface area contributed by atoms with Gasteiger partial charge in [-0.1, -0.05) is 12.7 Å². The van der Waals surface area contributed by atoms with Gasteiger partial charge in [-0.2, -0.15) is 5.11 Å². The quantitative estimate of drug-likeness (QED) is 0.428. The van der Waals surface area contributed by atoms with Gasteiger partial charge in [0.2, 0.25) is 5.79 Å². The van der Waals surface area contributed by atoms with Crippen LogP contribution in [0.3, 0.4) is 0 Å². The molecule has 8 heavy (non-hydrogen) atoms. The Morgan fingerprint density at radius 1 is 1.62 bits per heavy atom. The van der Waals surface area contributed by atoms with E-state index in [-0.39, 0.29) is 6.42 Å². The van der Waals surface area contributed by atoms with Crippen LogP contribution in [-0.2, 0) is 5.11 Å². The molecule has 0 fully saturated rings. The summed E-state index contributed by atoms with van der Waals surface area (Å²) in [4.78, 5) is 0. The van der Waals surface area contributed by atoms with Crippen LogP contribution in [-0.4, -0.2) is 10.9 Å². The average molecular weight is 113 g/mol. The Kier molecular flexibility index (Phi) is 2.45. The first kappa shape index (κ1) is 7.40. The van der Waals surface area contributed by atoms with E-state index >= 15 is 0 Å². The fourth-order valence-corrected chi connectivity index (χ4v) is 0.290. The third kappa shape index (κ3) is 2.55. The third-order valence-electron chi connectivity index (χ3n) is 0.756. The van der Waals surface area contributed by atoms with Crippen molar-refractivity contribution in [2.24, 2.45) is 0 Å². The van der Waals surface area contributed by atoms with Crippen LogP contribution in [0.5, 0.6) is 0 Å². The summed E-state index contributed by atoms with van der Waals surface area (Å²) < 4.78 is 0. The van der Waals surface area contributed by atoms with E-state index in [1.165, 1.54) is 6.08 Å². The molecule has 0 rings (SSSR count). The van der Waals surface area contributed by atoms with Gasteiger partial charge in [0, 0.05) is 6.42 Å². The number of hydrogen-bond donors (Lipinski definition) is 1. The first-order chi connectivity index (χ1) is 3.62. The highest BCUT2D eigenvalue weighted by Crippen LogP contribution is 2.06. The van der Waals surface area contributed by atoms with Crippen molar-refractivity contribution in [2.75, 3.05) is 0 Å². The van der Waals surface area contributed by atoms with E-state index in [1.807, 2.05) is 0 Å². The highest BCUT2D eigenvalue weighted by atomic mass is 16.5. The van der Waals surface area contributed by atoms with Crippen LogP contribution < -0.4 is 0 Å². The molecule has 0 spiro atoms. The number of hydrogen-bond acceptors (Lipinski definition) is 1. The maximum atomic E-state index is 10.4. The summed E-state index contributed by atoms with van der Waals surface area (Å²) in [6.07, 6.45) is 2.32. The topological polar surface area (TPSA) is 40.1 Å². The molecule has 0 aliphatic rings. The lowest BCUT2D eigenvalue weighted by atomic mass is 10.2. The molecule has 1 radical (unpaired) electrons. The van der Waals surface area contributed by atoms with Crippen LogP contribution in [0.15, 0.2) is 25.3 Å². The highest BCUT2D eigenvalue weighted by molar-refractivity contribution is 4.90. The Hall–Kier alpha value is -0.600. The van der Waals surface area contributed by atoms with Gasteiger partial charge in [0.15, 0.2) is 0 Å². The van der Waals surface area contributed by atoms with Crippen LogP contribution in [0.1, 0.15) is 6.42 Å². The summed E-state index contributed by atoms with van der Waals surface area (Å²) in [5.41, 5.74) is 0. The second-order valence-electron chi connectivity index (χ2n) is 1.54. The Bertz CT molecular complexity index is 94.7. The second kappa shape index (κ2) is 2.64. The lowest BCUT2D eigenvalue weighted by molar-refractivity contribution is -0.161. The predicted molar refractivity (Wildman–Crippen MR) is 30.6 cm³/mol. The molecule has 2 nitrogen and oxygen atoms in total. The van der Waals surface area contributed by atoms with Crippen LogP contribution in [0.25, 0.3) is 0 Å². The lowest BCUT2D eigenvalue weighted by Crippen LogP contribution is -2.20. The predicted octanol–water partition coefficient (Wildman–Crippen LogP) is 0.868. The van der Waals surface area contributed by atoms with Crippen molar-refractivity contribution in [3.8, 4) is 0 Å². The molecule has 45 valence electrons. The van der Waals surface area contributed by atoms with E-state index in [9.17, 15) is 5.11 Å². The van der Waals surface area contributed by atoms with Gasteiger partial charge in [0.25, 0.3) is 0 Å². The molecule has 0 aromatic heterocycles. The summed E-state index contributed by atoms with van der Waals surface area (Å²) in [5, 5.41) is 19.0. The van der Waals surface area contributed by atoms with E-state index in [1.54, 1.807) is 0 Å². The fourth-order valence-electron chi connectivity index (χ4n) is 0.290. The van der Waals surface area contributed by atoms with Crippen molar-refractivity contribution in [2.45, 2.75) is 12.2 Å². The van der Waals surface area contributed by atoms with Gasteiger partial charge in [-0.15, -0.1) is 6.58 Å². The van der Waals surface area contributed by atoms with E-state index in [4.69, 9.17) is 5.11 Å². The van der Waals surface area contributed by atoms with Gasteiger partial charge in [0.05, 0.1) is 0 Å². The Labute approximate surface area is 48.8 Å². The molecule has 0 bridgehead atoms. The number of rotatable bonds is 3. The van der Waals surface area contributed by atoms with Gasteiger partial charge < -0.3 is 5.11 Å². The zero-order valence-electron chi connectivity index (χ0n) is 4.63. The van der Waals surface area contributed by atoms with E-state index in [0.29, 0.717) is 0 Å². The minimum absolute atomic E-state index is 0.0104. The largest absolute Gasteiger partial charge is 0.360 e. The monoisotopic (exact) mass is 113 g/mol. The molecule has 0 heterocycles. The van der Waals surface area contributed by atoms with Gasteiger partial charge in [-0.3, -0.25) is 0 Å². The van der Waals surface area contributed by atoms with Gasteiger partial charge in [-0.25, -0.2) is 0 Å². The molecule has 2 heteroatoms. The van der Waals surface area contributed by atoms with E-state index in [2.05, 4.69) is 13.2 Å². The molecule has 1 unspecified atom stereocenters. The zero-order valence-corrected chi connectivity index (χ0v) is 4.63. The van der Waals surface area contributed by atoms with Crippen molar-refractivity contribution >= 4 is 0 Å². The first-order valence-corrected chi connectivity index (χ1v) is 2.29. The van der Waals surface area contributed by atoms with Crippen molar-refractivity contribution in [1.29, 1.82) is 0 Å². The van der Waals surface area contributed by atoms with Crippen molar-refractivity contribution in [1.82, 2.24) is 0 Å². The lowest BCUT2D eigenvalue weighted by Gasteiger charge is -2.09. The summed E-state index contributed by atoms with van der Waals surface area (Å²) >= 11 is 0. The SMILES string of the molecule is C=CCC([O])(O)C=C. The Morgan fingerprint density at radius 3 is 2.25 bits per heavy atom. The summed E-state index contributed by atoms with van der Waals surface area (Å²) in [7, 11) is 0. The number of aliphatic hydroxyl groups is 1. The maximum Gasteiger partial charge on any atom is 0.221 e. The molecule has 0 aromatic rings. The Morgan fingerprint density at radius 2 is 2.12 bits per heavy atom. The standard InChI is InChI=1S/C6H9O2/c1-3-5-6(7,8)4-2/h3-4,7H,1-2,5H2. The molecule has 0 saturated carbocycles. The summed E-state index contributed by atoms with van der Waals surface area (Å²) in [5.74, 6) is -2.01. The molecule has 1 N–H and O–H groups in total. The second-order valence-corrected chi connectivity index (χ2v) is 1.54. The Balaban J connectivity index is 3.70. The van der Waals surface area contributed by atoms with E-state index in [0.717, 1.165) is 6.08 Å². The minimum atomic E-state index is -2.01. The molecular formula is C6H9O2. The third-order valence-corrected chi connectivity index (χ3v) is 0.756. The van der Waals surface area contributed by atoms with Crippen molar-refractivity contribution in [3.63, 3.8) is 0 Å². The van der Waals surface area contributed by atoms with Gasteiger partial charge >= 0.3 is 0 Å². The van der Waals surface area contributed by atoms with E-state index < -0.39 is 5.79 Å². The normalized spacial score (nSPS) is 10.8. The molecule has 1 atom stereocenters. The molecule has 0 aliphatic carbocycles. The smallest absolute Gasteiger partial charge is 0.221 e. The van der Waals surface area contributed by atoms with Crippen LogP contribution in [0.2, 0.25) is 0 Å². The molecule has 0 aromatic carbocycles. The van der Waals surface area contributed by atoms with Gasteiger partial charge in [-0.05, 0) is 6.08 Å². The molecule has 0 amide bonds. The fraction of sp³-hybridized carbons (Fsp3) is 0.333. The first-order valence-electron chi connectivity index (χ1n) is 2.29. The molecule has 0 saturated heterocycles.